The summed E-state index contributed by atoms with van der Waals surface area (Å²) >= 11 is 1.07. The molecule has 0 aliphatic carbocycles. The monoisotopic (exact) mass is 407 g/mol. The number of esters is 1. The van der Waals surface area contributed by atoms with Crippen molar-refractivity contribution < 1.29 is 26.9 Å². The van der Waals surface area contributed by atoms with Crippen LogP contribution >= 0.6 is 11.3 Å². The Hall–Kier alpha value is -2.14. The van der Waals surface area contributed by atoms with Gasteiger partial charge >= 0.3 is 12.1 Å². The van der Waals surface area contributed by atoms with Gasteiger partial charge in [-0.05, 0) is 19.9 Å². The summed E-state index contributed by atoms with van der Waals surface area (Å²) < 4.78 is 58.2. The number of ether oxygens (including phenoxy) is 1. The molecule has 0 aliphatic heterocycles. The Kier molecular flexibility index (Phi) is 5.91. The quantitative estimate of drug-likeness (QED) is 0.468. The maximum Gasteiger partial charge on any atom is 0.433 e. The van der Waals surface area contributed by atoms with Crippen LogP contribution < -0.4 is 4.72 Å². The topological polar surface area (TPSA) is 81.2 Å². The number of nitrogens with one attached hydrogen (secondary N) is 1. The number of carbonyl (C=O) groups is 1. The molecule has 0 aliphatic rings. The van der Waals surface area contributed by atoms with Gasteiger partial charge in [0.2, 0.25) is 0 Å². The van der Waals surface area contributed by atoms with Gasteiger partial charge in [-0.2, -0.15) is 13.2 Å². The van der Waals surface area contributed by atoms with Crippen LogP contribution in [0.4, 0.5) is 18.3 Å². The number of anilines is 1. The van der Waals surface area contributed by atoms with E-state index in [1.807, 2.05) is 0 Å². The largest absolute Gasteiger partial charge is 0.461 e. The first-order valence-electron chi connectivity index (χ1n) is 7.31. The van der Waals surface area contributed by atoms with Crippen LogP contribution in [0.1, 0.15) is 35.6 Å². The number of carbonyl (C=O) groups excluding carboxylic acids is 1. The van der Waals surface area contributed by atoms with E-state index in [1.165, 1.54) is 24.6 Å². The number of alkyl halides is 3. The second-order valence-electron chi connectivity index (χ2n) is 5.19. The lowest BCUT2D eigenvalue weighted by Gasteiger charge is -2.12. The number of nitrogens with zero attached hydrogens (tertiary/aromatic N) is 2. The third kappa shape index (κ3) is 4.73. The average molecular weight is 407 g/mol. The van der Waals surface area contributed by atoms with E-state index in [-0.39, 0.29) is 17.4 Å². The molecule has 142 valence electrons. The lowest BCUT2D eigenvalue weighted by Crippen LogP contribution is -2.20. The number of hydrogen-bond acceptors (Lipinski definition) is 6. The van der Waals surface area contributed by atoms with Crippen molar-refractivity contribution in [3.05, 3.63) is 40.7 Å². The Labute approximate surface area is 152 Å². The predicted molar refractivity (Wildman–Crippen MR) is 94.8 cm³/mol. The normalized spacial score (nSPS) is 13.8. The van der Waals surface area contributed by atoms with E-state index in [2.05, 4.69) is 14.7 Å². The first-order valence-corrected chi connectivity index (χ1v) is 10.2. The molecule has 2 aromatic heterocycles. The molecule has 0 bridgehead atoms. The molecule has 6 nitrogen and oxygen atoms in total. The van der Waals surface area contributed by atoms with E-state index in [4.69, 9.17) is 4.74 Å². The molecule has 1 N–H and O–H groups in total. The van der Waals surface area contributed by atoms with Crippen LogP contribution in [0.3, 0.4) is 0 Å². The van der Waals surface area contributed by atoms with Crippen molar-refractivity contribution in [3.8, 4) is 0 Å². The summed E-state index contributed by atoms with van der Waals surface area (Å²) in [5.41, 5.74) is -0.632. The number of hydrogen-bond donors (Lipinski definition) is 1. The lowest BCUT2D eigenvalue weighted by molar-refractivity contribution is -0.141. The summed E-state index contributed by atoms with van der Waals surface area (Å²) in [5.74, 6) is -0.591. The highest BCUT2D eigenvalue weighted by Crippen LogP contribution is 2.27. The highest BCUT2D eigenvalue weighted by molar-refractivity contribution is 8.03. The van der Waals surface area contributed by atoms with Crippen molar-refractivity contribution in [1.82, 2.24) is 9.97 Å². The van der Waals surface area contributed by atoms with E-state index >= 15 is 0 Å². The minimum absolute atomic E-state index is 0.0865. The standard InChI is InChI=1S/C15H16F3N3O3S2/c1-4-24-13(22)11-8-25-14(20-11)21-26(3,23)9(2)10-5-6-12(19-7-10)15(16,17)18/h5-8H,4H2,1-3H3,(H,20,21,23). The minimum atomic E-state index is -4.54. The summed E-state index contributed by atoms with van der Waals surface area (Å²) in [6, 6.07) is 2.04. The number of rotatable bonds is 5. The van der Waals surface area contributed by atoms with Crippen molar-refractivity contribution in [2.75, 3.05) is 17.6 Å². The summed E-state index contributed by atoms with van der Waals surface area (Å²) in [7, 11) is -2.85. The molecular formula is C15H16F3N3O3S2. The van der Waals surface area contributed by atoms with Gasteiger partial charge in [0.05, 0.1) is 16.3 Å². The molecule has 0 aromatic carbocycles. The third-order valence-corrected chi connectivity index (χ3v) is 6.19. The smallest absolute Gasteiger partial charge is 0.433 e. The van der Waals surface area contributed by atoms with Crippen LogP contribution in [0.2, 0.25) is 0 Å². The first kappa shape index (κ1) is 20.2. The van der Waals surface area contributed by atoms with Crippen molar-refractivity contribution in [3.63, 3.8) is 0 Å². The van der Waals surface area contributed by atoms with Crippen molar-refractivity contribution in [1.29, 1.82) is 0 Å². The molecule has 11 heteroatoms. The molecule has 2 aromatic rings. The first-order chi connectivity index (χ1) is 12.0. The van der Waals surface area contributed by atoms with Gasteiger partial charge < -0.3 is 4.74 Å². The van der Waals surface area contributed by atoms with E-state index in [0.717, 1.165) is 23.6 Å². The molecule has 0 fully saturated rings. The van der Waals surface area contributed by atoms with Crippen LogP contribution in [0.15, 0.2) is 23.7 Å². The SMILES string of the molecule is CCOC(=O)c1csc(NS(C)(=O)=C(C)c2ccc(C(F)(F)F)nc2)n1. The van der Waals surface area contributed by atoms with Crippen molar-refractivity contribution >= 4 is 37.0 Å². The van der Waals surface area contributed by atoms with Crippen LogP contribution in [0.25, 0.3) is 0 Å². The van der Waals surface area contributed by atoms with Gasteiger partial charge in [0.15, 0.2) is 10.8 Å². The van der Waals surface area contributed by atoms with Gasteiger partial charge in [-0.25, -0.2) is 14.0 Å². The van der Waals surface area contributed by atoms with Crippen LogP contribution in [0.5, 0.6) is 0 Å². The minimum Gasteiger partial charge on any atom is -0.461 e. The molecular weight excluding hydrogens is 391 g/mol. The van der Waals surface area contributed by atoms with Gasteiger partial charge in [0.25, 0.3) is 0 Å². The molecule has 0 spiro atoms. The predicted octanol–water partition coefficient (Wildman–Crippen LogP) is 3.22. The Bertz CT molecular complexity index is 914. The molecule has 0 saturated carbocycles. The molecule has 1 atom stereocenters. The van der Waals surface area contributed by atoms with Crippen molar-refractivity contribution in [2.24, 2.45) is 0 Å². The van der Waals surface area contributed by atoms with Gasteiger partial charge in [-0.3, -0.25) is 9.71 Å². The molecule has 0 amide bonds. The lowest BCUT2D eigenvalue weighted by atomic mass is 10.2. The Balaban J connectivity index is 2.27. The van der Waals surface area contributed by atoms with Crippen molar-refractivity contribution in [2.45, 2.75) is 20.0 Å². The summed E-state index contributed by atoms with van der Waals surface area (Å²) in [6.45, 7) is 3.40. The average Bonchev–Trinajstić information content (AvgIpc) is 3.01. The fraction of sp³-hybridized carbons (Fsp3) is 0.333. The molecule has 2 rings (SSSR count). The van der Waals surface area contributed by atoms with E-state index < -0.39 is 27.5 Å². The molecule has 1 unspecified atom stereocenters. The van der Waals surface area contributed by atoms with Crippen LogP contribution in [0, 0.1) is 0 Å². The van der Waals surface area contributed by atoms with Gasteiger partial charge in [-0.1, -0.05) is 6.07 Å². The molecule has 0 saturated heterocycles. The number of thiazole rings is 1. The fourth-order valence-corrected chi connectivity index (χ4v) is 4.15. The Morgan fingerprint density at radius 3 is 2.62 bits per heavy atom. The number of halogens is 3. The highest BCUT2D eigenvalue weighted by atomic mass is 32.2. The molecule has 0 radical (unpaired) electrons. The van der Waals surface area contributed by atoms with Gasteiger partial charge in [-0.15, -0.1) is 11.3 Å². The summed E-state index contributed by atoms with van der Waals surface area (Å²) in [4.78, 5) is 19.3. The van der Waals surface area contributed by atoms with Crippen LogP contribution in [-0.4, -0.2) is 37.9 Å². The van der Waals surface area contributed by atoms with E-state index in [9.17, 15) is 22.2 Å². The van der Waals surface area contributed by atoms with Gasteiger partial charge in [0, 0.05) is 28.3 Å². The second kappa shape index (κ2) is 7.62. The van der Waals surface area contributed by atoms with Gasteiger partial charge in [0.1, 0.15) is 5.69 Å². The Morgan fingerprint density at radius 2 is 2.08 bits per heavy atom. The summed E-state index contributed by atoms with van der Waals surface area (Å²) in [5, 5.41) is 1.70. The van der Waals surface area contributed by atoms with Crippen LogP contribution in [-0.2, 0) is 20.6 Å². The fourth-order valence-electron chi connectivity index (χ4n) is 1.86. The zero-order valence-electron chi connectivity index (χ0n) is 14.1. The maximum absolute atomic E-state index is 12.9. The summed E-state index contributed by atoms with van der Waals surface area (Å²) in [6.07, 6.45) is -2.12. The second-order valence-corrected chi connectivity index (χ2v) is 8.55. The zero-order valence-corrected chi connectivity index (χ0v) is 15.7. The zero-order chi connectivity index (χ0) is 19.5. The van der Waals surface area contributed by atoms with E-state index in [0.29, 0.717) is 10.4 Å². The number of aromatic nitrogens is 2. The third-order valence-electron chi connectivity index (χ3n) is 3.32. The molecule has 26 heavy (non-hydrogen) atoms. The Morgan fingerprint density at radius 1 is 1.38 bits per heavy atom. The highest BCUT2D eigenvalue weighted by Gasteiger charge is 2.32. The molecule has 2 heterocycles. The maximum atomic E-state index is 12.9. The van der Waals surface area contributed by atoms with E-state index in [1.54, 1.807) is 6.92 Å². The number of pyridine rings is 1.